The number of fused-ring (bicyclic) bond motifs is 1. The van der Waals surface area contributed by atoms with Crippen LogP contribution in [0.15, 0.2) is 29.1 Å². The molecule has 2 rings (SSSR count). The first kappa shape index (κ1) is 9.65. The molecule has 1 aromatic carbocycles. The van der Waals surface area contributed by atoms with E-state index in [2.05, 4.69) is 0 Å². The van der Waals surface area contributed by atoms with E-state index in [-0.39, 0.29) is 11.1 Å². The van der Waals surface area contributed by atoms with Crippen LogP contribution >= 0.6 is 0 Å². The summed E-state index contributed by atoms with van der Waals surface area (Å²) in [5.74, 6) is 0. The molecule has 3 heteroatoms. The third kappa shape index (κ3) is 1.46. The van der Waals surface area contributed by atoms with Crippen LogP contribution in [0.3, 0.4) is 0 Å². The third-order valence-corrected chi connectivity index (χ3v) is 2.54. The van der Waals surface area contributed by atoms with E-state index in [1.54, 1.807) is 13.1 Å². The van der Waals surface area contributed by atoms with Crippen molar-refractivity contribution in [1.82, 2.24) is 4.57 Å². The van der Waals surface area contributed by atoms with Crippen LogP contribution in [0.2, 0.25) is 0 Å². The summed E-state index contributed by atoms with van der Waals surface area (Å²) in [6.07, 6.45) is 0.599. The lowest BCUT2D eigenvalue weighted by molar-refractivity contribution is 0.112. The quantitative estimate of drug-likeness (QED) is 0.658. The summed E-state index contributed by atoms with van der Waals surface area (Å²) < 4.78 is 1.51. The van der Waals surface area contributed by atoms with Gasteiger partial charge in [0.05, 0.1) is 11.1 Å². The second kappa shape index (κ2) is 3.35. The summed E-state index contributed by atoms with van der Waals surface area (Å²) >= 11 is 0. The van der Waals surface area contributed by atoms with Crippen LogP contribution in [-0.4, -0.2) is 10.9 Å². The van der Waals surface area contributed by atoms with Gasteiger partial charge in [-0.2, -0.15) is 0 Å². The Morgan fingerprint density at radius 3 is 2.67 bits per heavy atom. The fourth-order valence-electron chi connectivity index (χ4n) is 1.68. The largest absolute Gasteiger partial charge is 0.311 e. The van der Waals surface area contributed by atoms with E-state index in [4.69, 9.17) is 0 Å². The molecule has 1 aromatic heterocycles. The van der Waals surface area contributed by atoms with Gasteiger partial charge in [0, 0.05) is 7.05 Å². The lowest BCUT2D eigenvalue weighted by Gasteiger charge is -2.06. The maximum atomic E-state index is 11.7. The molecule has 0 atom stereocenters. The molecule has 76 valence electrons. The lowest BCUT2D eigenvalue weighted by atomic mass is 10.1. The smallest absolute Gasteiger partial charge is 0.261 e. The molecule has 0 fully saturated rings. The number of aryl methyl sites for hydroxylation is 2. The van der Waals surface area contributed by atoms with Gasteiger partial charge in [0.15, 0.2) is 6.29 Å². The van der Waals surface area contributed by atoms with Crippen LogP contribution in [0.25, 0.3) is 10.9 Å². The zero-order chi connectivity index (χ0) is 11.0. The molecule has 0 N–H and O–H groups in total. The van der Waals surface area contributed by atoms with Crippen molar-refractivity contribution in [1.29, 1.82) is 0 Å². The maximum absolute atomic E-state index is 11.7. The van der Waals surface area contributed by atoms with Gasteiger partial charge in [-0.05, 0) is 30.0 Å². The van der Waals surface area contributed by atoms with Crippen LogP contribution in [0.5, 0.6) is 0 Å². The van der Waals surface area contributed by atoms with Crippen molar-refractivity contribution in [2.75, 3.05) is 0 Å². The van der Waals surface area contributed by atoms with Crippen LogP contribution < -0.4 is 5.56 Å². The summed E-state index contributed by atoms with van der Waals surface area (Å²) in [7, 11) is 1.68. The molecule has 0 bridgehead atoms. The van der Waals surface area contributed by atoms with Crippen molar-refractivity contribution in [2.24, 2.45) is 7.05 Å². The minimum absolute atomic E-state index is 0.203. The highest BCUT2D eigenvalue weighted by Gasteiger charge is 2.05. The summed E-state index contributed by atoms with van der Waals surface area (Å²) in [5.41, 5.74) is 1.90. The topological polar surface area (TPSA) is 39.1 Å². The van der Waals surface area contributed by atoms with Crippen LogP contribution in [0.1, 0.15) is 15.9 Å². The Hall–Kier alpha value is -1.90. The number of carbonyl (C=O) groups excluding carboxylic acids is 1. The van der Waals surface area contributed by atoms with Crippen LogP contribution in [0, 0.1) is 6.92 Å². The van der Waals surface area contributed by atoms with E-state index >= 15 is 0 Å². The molecule has 0 saturated heterocycles. The minimum Gasteiger partial charge on any atom is -0.311 e. The monoisotopic (exact) mass is 201 g/mol. The molecule has 3 nitrogen and oxygen atoms in total. The number of pyridine rings is 1. The molecule has 0 radical (unpaired) electrons. The molecule has 0 aliphatic heterocycles. The zero-order valence-corrected chi connectivity index (χ0v) is 8.65. The number of carbonyl (C=O) groups is 1. The summed E-state index contributed by atoms with van der Waals surface area (Å²) in [6, 6.07) is 7.44. The highest BCUT2D eigenvalue weighted by atomic mass is 16.1. The molecule has 0 unspecified atom stereocenters. The van der Waals surface area contributed by atoms with Crippen LogP contribution in [-0.2, 0) is 7.05 Å². The van der Waals surface area contributed by atoms with Crippen molar-refractivity contribution in [2.45, 2.75) is 6.92 Å². The van der Waals surface area contributed by atoms with Crippen molar-refractivity contribution in [3.05, 3.63) is 45.7 Å². The molecule has 0 amide bonds. The van der Waals surface area contributed by atoms with E-state index in [9.17, 15) is 9.59 Å². The lowest BCUT2D eigenvalue weighted by Crippen LogP contribution is -2.20. The molecular weight excluding hydrogens is 190 g/mol. The Balaban J connectivity index is 2.97. The van der Waals surface area contributed by atoms with Gasteiger partial charge in [0.2, 0.25) is 0 Å². The van der Waals surface area contributed by atoms with E-state index in [1.807, 2.05) is 25.1 Å². The van der Waals surface area contributed by atoms with Crippen molar-refractivity contribution in [3.8, 4) is 0 Å². The number of hydrogen-bond donors (Lipinski definition) is 0. The van der Waals surface area contributed by atoms with Crippen molar-refractivity contribution >= 4 is 17.2 Å². The van der Waals surface area contributed by atoms with Crippen molar-refractivity contribution < 1.29 is 4.79 Å². The van der Waals surface area contributed by atoms with Gasteiger partial charge in [-0.15, -0.1) is 0 Å². The number of aromatic nitrogens is 1. The SMILES string of the molecule is Cc1ccc2cc(C=O)c(=O)n(C)c2c1. The first-order valence-electron chi connectivity index (χ1n) is 4.69. The van der Waals surface area contributed by atoms with Gasteiger partial charge >= 0.3 is 0 Å². The van der Waals surface area contributed by atoms with E-state index in [1.165, 1.54) is 4.57 Å². The predicted octanol–water partition coefficient (Wildman–Crippen LogP) is 1.66. The van der Waals surface area contributed by atoms with Gasteiger partial charge in [-0.3, -0.25) is 9.59 Å². The molecule has 1 heterocycles. The highest BCUT2D eigenvalue weighted by molar-refractivity contribution is 5.86. The molecule has 15 heavy (non-hydrogen) atoms. The summed E-state index contributed by atoms with van der Waals surface area (Å²) in [4.78, 5) is 22.3. The Labute approximate surface area is 87.0 Å². The van der Waals surface area contributed by atoms with E-state index < -0.39 is 0 Å². The summed E-state index contributed by atoms with van der Waals surface area (Å²) in [6.45, 7) is 1.97. The van der Waals surface area contributed by atoms with Gasteiger partial charge in [-0.1, -0.05) is 12.1 Å². The average molecular weight is 201 g/mol. The first-order chi connectivity index (χ1) is 7.13. The minimum atomic E-state index is -0.247. The molecule has 0 aliphatic rings. The predicted molar refractivity (Wildman–Crippen MR) is 59.3 cm³/mol. The van der Waals surface area contributed by atoms with Crippen LogP contribution in [0.4, 0.5) is 0 Å². The van der Waals surface area contributed by atoms with Gasteiger partial charge < -0.3 is 4.57 Å². The zero-order valence-electron chi connectivity index (χ0n) is 8.65. The Morgan fingerprint density at radius 1 is 1.27 bits per heavy atom. The van der Waals surface area contributed by atoms with Gasteiger partial charge in [0.25, 0.3) is 5.56 Å². The number of aldehydes is 1. The van der Waals surface area contributed by atoms with E-state index in [0.29, 0.717) is 6.29 Å². The van der Waals surface area contributed by atoms with E-state index in [0.717, 1.165) is 16.5 Å². The molecule has 0 aliphatic carbocycles. The highest BCUT2D eigenvalue weighted by Crippen LogP contribution is 2.14. The maximum Gasteiger partial charge on any atom is 0.261 e. The Bertz CT molecular complexity index is 596. The number of rotatable bonds is 1. The fourth-order valence-corrected chi connectivity index (χ4v) is 1.68. The van der Waals surface area contributed by atoms with Gasteiger partial charge in [0.1, 0.15) is 0 Å². The third-order valence-electron chi connectivity index (χ3n) is 2.54. The summed E-state index contributed by atoms with van der Waals surface area (Å²) in [5, 5.41) is 0.907. The van der Waals surface area contributed by atoms with Crippen molar-refractivity contribution in [3.63, 3.8) is 0 Å². The average Bonchev–Trinajstić information content (AvgIpc) is 2.24. The number of hydrogen-bond acceptors (Lipinski definition) is 2. The standard InChI is InChI=1S/C12H11NO2/c1-8-3-4-9-6-10(7-14)12(15)13(2)11(9)5-8/h3-7H,1-2H3. The number of nitrogens with zero attached hydrogens (tertiary/aromatic N) is 1. The number of benzene rings is 1. The van der Waals surface area contributed by atoms with Gasteiger partial charge in [-0.25, -0.2) is 0 Å². The second-order valence-corrected chi connectivity index (χ2v) is 3.64. The normalized spacial score (nSPS) is 10.5. The molecule has 2 aromatic rings. The molecule has 0 spiro atoms. The second-order valence-electron chi connectivity index (χ2n) is 3.64. The Kier molecular flexibility index (Phi) is 2.15. The molecule has 0 saturated carbocycles. The Morgan fingerprint density at radius 2 is 2.00 bits per heavy atom. The fraction of sp³-hybridized carbons (Fsp3) is 0.167. The first-order valence-corrected chi connectivity index (χ1v) is 4.69. The molecular formula is C12H11NO2.